The molecule has 2 atom stereocenters. The predicted octanol–water partition coefficient (Wildman–Crippen LogP) is 4.43. The summed E-state index contributed by atoms with van der Waals surface area (Å²) in [7, 11) is 1.94. The quantitative estimate of drug-likeness (QED) is 0.530. The Bertz CT molecular complexity index is 1010. The standard InChI is InChI=1S/C22H28N6OS2/c1-15-8-7-9-16(2)28(15)20(29)14-31-22-26-25-19(27(22)3)12-23-21-24-18(13-30-21)17-10-5-4-6-11-17/h4-6,10-11,13,15-16H,7-9,12,14H2,1-3H3,(H,23,24)/t15-,16+. The summed E-state index contributed by atoms with van der Waals surface area (Å²) in [6.45, 7) is 4.82. The van der Waals surface area contributed by atoms with E-state index in [1.54, 1.807) is 11.3 Å². The average molecular weight is 457 g/mol. The molecule has 3 heterocycles. The largest absolute Gasteiger partial charge is 0.354 e. The van der Waals surface area contributed by atoms with Crippen LogP contribution in [0.5, 0.6) is 0 Å². The molecule has 9 heteroatoms. The Morgan fingerprint density at radius 1 is 1.19 bits per heavy atom. The Hall–Kier alpha value is -2.39. The first-order chi connectivity index (χ1) is 15.0. The summed E-state index contributed by atoms with van der Waals surface area (Å²) in [6, 6.07) is 10.8. The van der Waals surface area contributed by atoms with Crippen molar-refractivity contribution < 1.29 is 4.79 Å². The van der Waals surface area contributed by atoms with Crippen LogP contribution in [-0.4, -0.2) is 48.4 Å². The fourth-order valence-electron chi connectivity index (χ4n) is 3.99. The molecule has 3 aromatic rings. The van der Waals surface area contributed by atoms with Crippen molar-refractivity contribution in [1.29, 1.82) is 0 Å². The van der Waals surface area contributed by atoms with Gasteiger partial charge in [0.05, 0.1) is 18.0 Å². The predicted molar refractivity (Wildman–Crippen MR) is 126 cm³/mol. The molecule has 0 aliphatic carbocycles. The number of anilines is 1. The van der Waals surface area contributed by atoms with Crippen LogP contribution < -0.4 is 5.32 Å². The van der Waals surface area contributed by atoms with Crippen molar-refractivity contribution in [3.05, 3.63) is 41.5 Å². The molecular weight excluding hydrogens is 428 g/mol. The number of likely N-dealkylation sites (tertiary alicyclic amines) is 1. The molecule has 1 aliphatic heterocycles. The SMILES string of the molecule is C[C@@H]1CCC[C@H](C)N1C(=O)CSc1nnc(CNc2nc(-c3ccccc3)cs2)n1C. The molecule has 0 spiro atoms. The lowest BCUT2D eigenvalue weighted by atomic mass is 9.98. The summed E-state index contributed by atoms with van der Waals surface area (Å²) >= 11 is 3.03. The van der Waals surface area contributed by atoms with E-state index in [1.165, 1.54) is 18.2 Å². The van der Waals surface area contributed by atoms with E-state index >= 15 is 0 Å². The normalized spacial score (nSPS) is 18.9. The van der Waals surface area contributed by atoms with Gasteiger partial charge in [-0.1, -0.05) is 42.1 Å². The van der Waals surface area contributed by atoms with Crippen LogP contribution in [0, 0.1) is 0 Å². The van der Waals surface area contributed by atoms with Crippen LogP contribution in [-0.2, 0) is 18.4 Å². The van der Waals surface area contributed by atoms with Crippen LogP contribution >= 0.6 is 23.1 Å². The van der Waals surface area contributed by atoms with Crippen LogP contribution in [0.25, 0.3) is 11.3 Å². The minimum atomic E-state index is 0.184. The molecule has 0 saturated carbocycles. The zero-order chi connectivity index (χ0) is 21.8. The van der Waals surface area contributed by atoms with Gasteiger partial charge >= 0.3 is 0 Å². The molecule has 1 fully saturated rings. The number of carbonyl (C=O) groups is 1. The summed E-state index contributed by atoms with van der Waals surface area (Å²) < 4.78 is 1.94. The molecule has 2 aromatic heterocycles. The molecular formula is C22H28N6OS2. The van der Waals surface area contributed by atoms with Gasteiger partial charge in [-0.3, -0.25) is 4.79 Å². The van der Waals surface area contributed by atoms with E-state index in [1.807, 2.05) is 40.1 Å². The van der Waals surface area contributed by atoms with Gasteiger partial charge in [-0.15, -0.1) is 21.5 Å². The molecule has 4 rings (SSSR count). The summed E-state index contributed by atoms with van der Waals surface area (Å²) in [5.41, 5.74) is 2.06. The first kappa shape index (κ1) is 21.8. The van der Waals surface area contributed by atoms with Crippen molar-refractivity contribution in [2.45, 2.75) is 56.9 Å². The molecule has 1 aliphatic rings. The van der Waals surface area contributed by atoms with Crippen LogP contribution in [0.2, 0.25) is 0 Å². The number of piperidine rings is 1. The summed E-state index contributed by atoms with van der Waals surface area (Å²) in [4.78, 5) is 19.5. The van der Waals surface area contributed by atoms with Gasteiger partial charge in [0.25, 0.3) is 0 Å². The van der Waals surface area contributed by atoms with Crippen molar-refractivity contribution in [1.82, 2.24) is 24.6 Å². The molecule has 0 unspecified atom stereocenters. The minimum Gasteiger partial charge on any atom is -0.354 e. The lowest BCUT2D eigenvalue weighted by molar-refractivity contribution is -0.134. The second kappa shape index (κ2) is 9.82. The zero-order valence-electron chi connectivity index (χ0n) is 18.1. The van der Waals surface area contributed by atoms with Gasteiger partial charge in [0.15, 0.2) is 16.1 Å². The number of hydrogen-bond donors (Lipinski definition) is 1. The Balaban J connectivity index is 1.32. The van der Waals surface area contributed by atoms with Gasteiger partial charge in [-0.25, -0.2) is 4.98 Å². The van der Waals surface area contributed by atoms with Gasteiger partial charge < -0.3 is 14.8 Å². The Kier molecular flexibility index (Phi) is 6.92. The van der Waals surface area contributed by atoms with E-state index in [0.29, 0.717) is 24.4 Å². The molecule has 7 nitrogen and oxygen atoms in total. The van der Waals surface area contributed by atoms with Crippen LogP contribution in [0.3, 0.4) is 0 Å². The Labute approximate surface area is 191 Å². The first-order valence-electron chi connectivity index (χ1n) is 10.6. The fraction of sp³-hybridized carbons (Fsp3) is 0.455. The number of rotatable bonds is 7. The fourth-order valence-corrected chi connectivity index (χ4v) is 5.51. The highest BCUT2D eigenvalue weighted by Gasteiger charge is 2.29. The van der Waals surface area contributed by atoms with Gasteiger partial charge in [0, 0.05) is 30.1 Å². The molecule has 1 aromatic carbocycles. The maximum absolute atomic E-state index is 12.8. The van der Waals surface area contributed by atoms with Gasteiger partial charge in [-0.2, -0.15) is 0 Å². The lowest BCUT2D eigenvalue weighted by Gasteiger charge is -2.39. The zero-order valence-corrected chi connectivity index (χ0v) is 19.7. The average Bonchev–Trinajstić information content (AvgIpc) is 3.38. The van der Waals surface area contributed by atoms with E-state index < -0.39 is 0 Å². The minimum absolute atomic E-state index is 0.184. The number of thioether (sulfide) groups is 1. The van der Waals surface area contributed by atoms with Crippen molar-refractivity contribution in [2.24, 2.45) is 7.05 Å². The molecule has 1 amide bonds. The second-order valence-electron chi connectivity index (χ2n) is 7.93. The number of carbonyl (C=O) groups excluding carboxylic acids is 1. The van der Waals surface area contributed by atoms with Crippen LogP contribution in [0.15, 0.2) is 40.9 Å². The van der Waals surface area contributed by atoms with Crippen molar-refractivity contribution in [3.8, 4) is 11.3 Å². The topological polar surface area (TPSA) is 75.9 Å². The number of amides is 1. The smallest absolute Gasteiger partial charge is 0.233 e. The van der Waals surface area contributed by atoms with Gasteiger partial charge in [-0.05, 0) is 33.1 Å². The Morgan fingerprint density at radius 2 is 1.94 bits per heavy atom. The lowest BCUT2D eigenvalue weighted by Crippen LogP contribution is -2.48. The Morgan fingerprint density at radius 3 is 2.68 bits per heavy atom. The number of thiazole rings is 1. The monoisotopic (exact) mass is 456 g/mol. The number of nitrogens with one attached hydrogen (secondary N) is 1. The van der Waals surface area contributed by atoms with E-state index in [0.717, 1.165) is 40.2 Å². The molecule has 0 radical (unpaired) electrons. The highest BCUT2D eigenvalue weighted by molar-refractivity contribution is 7.99. The number of aromatic nitrogens is 4. The van der Waals surface area contributed by atoms with E-state index in [-0.39, 0.29) is 5.91 Å². The van der Waals surface area contributed by atoms with Gasteiger partial charge in [0.1, 0.15) is 0 Å². The molecule has 164 valence electrons. The molecule has 1 N–H and O–H groups in total. The van der Waals surface area contributed by atoms with Crippen molar-refractivity contribution in [2.75, 3.05) is 11.1 Å². The van der Waals surface area contributed by atoms with E-state index in [4.69, 9.17) is 0 Å². The maximum atomic E-state index is 12.8. The van der Waals surface area contributed by atoms with Crippen LogP contribution in [0.4, 0.5) is 5.13 Å². The van der Waals surface area contributed by atoms with Gasteiger partial charge in [0.2, 0.25) is 5.91 Å². The summed E-state index contributed by atoms with van der Waals surface area (Å²) in [6.07, 6.45) is 3.37. The summed E-state index contributed by atoms with van der Waals surface area (Å²) in [5, 5.41) is 15.6. The van der Waals surface area contributed by atoms with Crippen molar-refractivity contribution in [3.63, 3.8) is 0 Å². The highest BCUT2D eigenvalue weighted by atomic mass is 32.2. The van der Waals surface area contributed by atoms with Crippen LogP contribution in [0.1, 0.15) is 38.9 Å². The second-order valence-corrected chi connectivity index (χ2v) is 9.73. The third-order valence-corrected chi connectivity index (χ3v) is 7.51. The molecule has 0 bridgehead atoms. The molecule has 1 saturated heterocycles. The summed E-state index contributed by atoms with van der Waals surface area (Å²) in [5.74, 6) is 1.38. The van der Waals surface area contributed by atoms with E-state index in [9.17, 15) is 4.79 Å². The van der Waals surface area contributed by atoms with E-state index in [2.05, 4.69) is 46.5 Å². The highest BCUT2D eigenvalue weighted by Crippen LogP contribution is 2.26. The third-order valence-electron chi connectivity index (χ3n) is 5.70. The maximum Gasteiger partial charge on any atom is 0.233 e. The number of hydrogen-bond acceptors (Lipinski definition) is 7. The number of nitrogens with zero attached hydrogens (tertiary/aromatic N) is 5. The molecule has 31 heavy (non-hydrogen) atoms. The third kappa shape index (κ3) is 5.10. The van der Waals surface area contributed by atoms with Crippen molar-refractivity contribution >= 4 is 34.1 Å². The first-order valence-corrected chi connectivity index (χ1v) is 12.5. The number of benzene rings is 1.